The summed E-state index contributed by atoms with van der Waals surface area (Å²) in [6, 6.07) is 14.7. The van der Waals surface area contributed by atoms with Crippen molar-refractivity contribution in [3.63, 3.8) is 0 Å². The average molecular weight is 552 g/mol. The summed E-state index contributed by atoms with van der Waals surface area (Å²) < 4.78 is 0. The molecule has 5 aliphatic rings. The van der Waals surface area contributed by atoms with Crippen LogP contribution in [0.2, 0.25) is 0 Å². The molecular weight excluding hydrogens is 510 g/mol. The molecule has 0 radical (unpaired) electrons. The fraction of sp³-hybridized carbons (Fsp3) is 0.471. The maximum Gasteiger partial charge on any atom is 0.255 e. The summed E-state index contributed by atoms with van der Waals surface area (Å²) in [7, 11) is 0. The van der Waals surface area contributed by atoms with Gasteiger partial charge in [0.1, 0.15) is 6.04 Å². The molecular formula is C34H41N5O2. The van der Waals surface area contributed by atoms with Gasteiger partial charge >= 0.3 is 0 Å². The van der Waals surface area contributed by atoms with Crippen LogP contribution in [0.1, 0.15) is 60.0 Å². The van der Waals surface area contributed by atoms with Crippen LogP contribution in [0.4, 0.5) is 11.4 Å². The Balaban J connectivity index is 0.949. The van der Waals surface area contributed by atoms with Crippen molar-refractivity contribution in [1.82, 2.24) is 15.1 Å². The Morgan fingerprint density at radius 1 is 0.878 bits per heavy atom. The molecule has 1 atom stereocenters. The highest BCUT2D eigenvalue weighted by atomic mass is 16.2. The van der Waals surface area contributed by atoms with Crippen LogP contribution in [0, 0.1) is 5.92 Å². The number of carbonyl (C=O) groups is 2. The zero-order valence-electron chi connectivity index (χ0n) is 24.0. The summed E-state index contributed by atoms with van der Waals surface area (Å²) in [5, 5.41) is 2.88. The number of allylic oxidation sites excluding steroid dienone is 1. The Morgan fingerprint density at radius 3 is 2.22 bits per heavy atom. The topological polar surface area (TPSA) is 59.1 Å². The van der Waals surface area contributed by atoms with E-state index in [1.807, 2.05) is 17.0 Å². The number of hydrogen-bond donors (Lipinski definition) is 1. The smallest absolute Gasteiger partial charge is 0.255 e. The quantitative estimate of drug-likeness (QED) is 0.569. The van der Waals surface area contributed by atoms with E-state index in [4.69, 9.17) is 0 Å². The molecule has 0 aromatic heterocycles. The predicted octanol–water partition coefficient (Wildman–Crippen LogP) is 4.61. The van der Waals surface area contributed by atoms with Crippen LogP contribution >= 0.6 is 0 Å². The molecule has 214 valence electrons. The van der Waals surface area contributed by atoms with Crippen molar-refractivity contribution in [2.45, 2.75) is 50.1 Å². The molecule has 2 aromatic rings. The molecule has 4 aliphatic heterocycles. The van der Waals surface area contributed by atoms with Gasteiger partial charge in [-0.1, -0.05) is 31.4 Å². The number of amides is 2. The second kappa shape index (κ2) is 10.4. The molecule has 1 aliphatic carbocycles. The minimum Gasteiger partial charge on any atom is -0.372 e. The lowest BCUT2D eigenvalue weighted by Gasteiger charge is -2.40. The third-order valence-electron chi connectivity index (χ3n) is 10.1. The molecule has 4 heterocycles. The largest absolute Gasteiger partial charge is 0.372 e. The monoisotopic (exact) mass is 551 g/mol. The first-order valence-electron chi connectivity index (χ1n) is 15.4. The second-order valence-corrected chi connectivity index (χ2v) is 12.6. The molecule has 1 spiro atoms. The molecule has 4 fully saturated rings. The number of benzene rings is 2. The van der Waals surface area contributed by atoms with Crippen LogP contribution in [-0.4, -0.2) is 73.5 Å². The fourth-order valence-electron chi connectivity index (χ4n) is 7.58. The number of carbonyl (C=O) groups excluding carboxylic acids is 2. The summed E-state index contributed by atoms with van der Waals surface area (Å²) in [5.74, 6) is 0.686. The number of fused-ring (bicyclic) bond motifs is 2. The maximum atomic E-state index is 13.5. The van der Waals surface area contributed by atoms with Gasteiger partial charge in [0.25, 0.3) is 5.91 Å². The minimum absolute atomic E-state index is 0.0151. The molecule has 7 nitrogen and oxygen atoms in total. The van der Waals surface area contributed by atoms with Gasteiger partial charge in [0.2, 0.25) is 5.91 Å². The number of nitrogens with zero attached hydrogens (tertiary/aromatic N) is 4. The van der Waals surface area contributed by atoms with Crippen LogP contribution in [0.25, 0.3) is 6.08 Å². The summed E-state index contributed by atoms with van der Waals surface area (Å²) in [4.78, 5) is 35.9. The van der Waals surface area contributed by atoms with E-state index in [0.717, 1.165) is 81.3 Å². The Bertz CT molecular complexity index is 1360. The zero-order chi connectivity index (χ0) is 28.1. The van der Waals surface area contributed by atoms with E-state index < -0.39 is 6.04 Å². The van der Waals surface area contributed by atoms with Crippen molar-refractivity contribution < 1.29 is 9.59 Å². The first kappa shape index (κ1) is 26.3. The fourth-order valence-corrected chi connectivity index (χ4v) is 7.58. The van der Waals surface area contributed by atoms with E-state index in [0.29, 0.717) is 6.42 Å². The van der Waals surface area contributed by atoms with Gasteiger partial charge in [0, 0.05) is 68.4 Å². The third kappa shape index (κ3) is 4.74. The Kier molecular flexibility index (Phi) is 6.65. The first-order chi connectivity index (χ1) is 19.9. The number of piperazine rings is 1. The molecule has 7 rings (SSSR count). The standard InChI is InChI=1S/C34H41N5O2/c1-3-25-5-7-27(8-6-25)37-16-12-26(13-17-37)23-36-18-20-38(21-19-36)28-9-10-29-30(22-28)34(14-15-34)39(33(29)41)31-11-4-24(2)35-32(31)40/h3,5-10,22,26,31H,1-2,4,11-21,23H2,(H,35,40). The van der Waals surface area contributed by atoms with Crippen molar-refractivity contribution in [2.75, 3.05) is 55.6 Å². The number of hydrogen-bond acceptors (Lipinski definition) is 5. The van der Waals surface area contributed by atoms with Crippen LogP contribution in [0.5, 0.6) is 0 Å². The molecule has 1 saturated carbocycles. The number of piperidine rings is 2. The van der Waals surface area contributed by atoms with E-state index in [9.17, 15) is 9.59 Å². The van der Waals surface area contributed by atoms with Crippen molar-refractivity contribution in [1.29, 1.82) is 0 Å². The third-order valence-corrected chi connectivity index (χ3v) is 10.1. The summed E-state index contributed by atoms with van der Waals surface area (Å²) >= 11 is 0. The van der Waals surface area contributed by atoms with Crippen LogP contribution in [0.15, 0.2) is 61.3 Å². The van der Waals surface area contributed by atoms with Crippen molar-refractivity contribution >= 4 is 29.3 Å². The van der Waals surface area contributed by atoms with E-state index in [2.05, 4.69) is 69.6 Å². The van der Waals surface area contributed by atoms with Gasteiger partial charge in [-0.2, -0.15) is 0 Å². The van der Waals surface area contributed by atoms with Gasteiger partial charge in [0.15, 0.2) is 0 Å². The number of rotatable bonds is 6. The van der Waals surface area contributed by atoms with Gasteiger partial charge in [-0.3, -0.25) is 14.5 Å². The number of anilines is 2. The summed E-state index contributed by atoms with van der Waals surface area (Å²) in [6.45, 7) is 15.4. The highest BCUT2D eigenvalue weighted by Gasteiger charge is 2.61. The second-order valence-electron chi connectivity index (χ2n) is 12.6. The number of nitrogens with one attached hydrogen (secondary N) is 1. The van der Waals surface area contributed by atoms with Gasteiger partial charge in [-0.25, -0.2) is 0 Å². The van der Waals surface area contributed by atoms with Gasteiger partial charge in [-0.15, -0.1) is 0 Å². The molecule has 3 saturated heterocycles. The highest BCUT2D eigenvalue weighted by molar-refractivity contribution is 6.04. The minimum atomic E-state index is -0.403. The Morgan fingerprint density at radius 2 is 1.56 bits per heavy atom. The summed E-state index contributed by atoms with van der Waals surface area (Å²) in [6.07, 6.45) is 7.64. The molecule has 41 heavy (non-hydrogen) atoms. The highest BCUT2D eigenvalue weighted by Crippen LogP contribution is 2.58. The van der Waals surface area contributed by atoms with Crippen LogP contribution in [-0.2, 0) is 10.3 Å². The van der Waals surface area contributed by atoms with Gasteiger partial charge in [0.05, 0.1) is 5.54 Å². The van der Waals surface area contributed by atoms with E-state index in [1.165, 1.54) is 36.3 Å². The zero-order valence-corrected chi connectivity index (χ0v) is 24.0. The van der Waals surface area contributed by atoms with Gasteiger partial charge in [-0.05, 0) is 85.9 Å². The lowest BCUT2D eigenvalue weighted by atomic mass is 9.95. The van der Waals surface area contributed by atoms with E-state index in [-0.39, 0.29) is 17.4 Å². The first-order valence-corrected chi connectivity index (χ1v) is 15.4. The predicted molar refractivity (Wildman–Crippen MR) is 164 cm³/mol. The van der Waals surface area contributed by atoms with Gasteiger partial charge < -0.3 is 20.0 Å². The SMILES string of the molecule is C=Cc1ccc(N2CCC(CN3CCN(c4ccc5c(c4)C4(CC4)N(C4CCC(=C)NC4=O)C5=O)CC3)CC2)cc1. The lowest BCUT2D eigenvalue weighted by Crippen LogP contribution is -2.53. The molecule has 7 heteroatoms. The lowest BCUT2D eigenvalue weighted by molar-refractivity contribution is -0.127. The van der Waals surface area contributed by atoms with E-state index >= 15 is 0 Å². The van der Waals surface area contributed by atoms with Crippen molar-refractivity contribution in [2.24, 2.45) is 5.92 Å². The normalized spacial score (nSPS) is 24.5. The van der Waals surface area contributed by atoms with Crippen molar-refractivity contribution in [3.8, 4) is 0 Å². The van der Waals surface area contributed by atoms with Crippen LogP contribution < -0.4 is 15.1 Å². The maximum absolute atomic E-state index is 13.5. The molecule has 1 N–H and O–H groups in total. The molecule has 2 aromatic carbocycles. The van der Waals surface area contributed by atoms with Crippen LogP contribution in [0.3, 0.4) is 0 Å². The molecule has 2 amide bonds. The van der Waals surface area contributed by atoms with Crippen molar-refractivity contribution in [3.05, 3.63) is 78.0 Å². The van der Waals surface area contributed by atoms with E-state index in [1.54, 1.807) is 0 Å². The Labute approximate surface area is 243 Å². The molecule has 1 unspecified atom stereocenters. The summed E-state index contributed by atoms with van der Waals surface area (Å²) in [5.41, 5.74) is 6.07. The average Bonchev–Trinajstić information content (AvgIpc) is 3.76. The molecule has 0 bridgehead atoms. The Hall–Kier alpha value is -3.58.